The lowest BCUT2D eigenvalue weighted by atomic mass is 10.1. The molecule has 0 saturated carbocycles. The van der Waals surface area contributed by atoms with Crippen LogP contribution in [0.1, 0.15) is 88.5 Å². The molecule has 2 aliphatic rings. The van der Waals surface area contributed by atoms with Gasteiger partial charge in [-0.05, 0) is 76.9 Å². The summed E-state index contributed by atoms with van der Waals surface area (Å²) in [5, 5.41) is 6.31. The number of hydrogen-bond acceptors (Lipinski definition) is 6. The third kappa shape index (κ3) is 16.9. The topological polar surface area (TPSA) is 79.0 Å². The molecule has 0 spiro atoms. The fourth-order valence-electron chi connectivity index (χ4n) is 5.03. The molecule has 2 N–H and O–H groups in total. The van der Waals surface area contributed by atoms with E-state index in [9.17, 15) is 4.79 Å². The van der Waals surface area contributed by atoms with E-state index in [-0.39, 0.29) is 18.2 Å². The van der Waals surface area contributed by atoms with Crippen LogP contribution in [0.15, 0.2) is 79.1 Å². The molecule has 7 nitrogen and oxygen atoms in total. The van der Waals surface area contributed by atoms with E-state index >= 15 is 0 Å². The zero-order valence-electron chi connectivity index (χ0n) is 27.0. The van der Waals surface area contributed by atoms with Crippen molar-refractivity contribution in [2.24, 2.45) is 0 Å². The smallest absolute Gasteiger partial charge is 0.220 e. The standard InChI is InChI=1S/C37H56N4O3/c1-2-3-4-5-6-7-8-9-10-11-12-13-14-15-16-17-18-21-35(42)38-25-30-43-31-26-39-37-36(44-37)33-22-23-34(40-32-33)24-29-41-27-19-20-28-41/h3-4,6-7,9-10,12-13,15-16,22-23,32,36-37,39H,2,5,8,11,14,17-21,24-31H2,1H3,(H,38,42)/b4-3-,7-6-,10-9-,13-12-,16-15-. The lowest BCUT2D eigenvalue weighted by Gasteiger charge is -2.13. The van der Waals surface area contributed by atoms with Crippen LogP contribution in [-0.4, -0.2) is 68.0 Å². The average molecular weight is 605 g/mol. The largest absolute Gasteiger partial charge is 0.378 e. The first-order valence-electron chi connectivity index (χ1n) is 16.9. The van der Waals surface area contributed by atoms with Gasteiger partial charge in [-0.15, -0.1) is 0 Å². The summed E-state index contributed by atoms with van der Waals surface area (Å²) in [6.07, 6.45) is 35.1. The summed E-state index contributed by atoms with van der Waals surface area (Å²) in [5.74, 6) is 0.0870. The summed E-state index contributed by atoms with van der Waals surface area (Å²) in [6, 6.07) is 4.27. The van der Waals surface area contributed by atoms with Crippen molar-refractivity contribution in [2.75, 3.05) is 45.9 Å². The predicted octanol–water partition coefficient (Wildman–Crippen LogP) is 6.76. The third-order valence-corrected chi connectivity index (χ3v) is 7.64. The molecule has 3 rings (SSSR count). The second-order valence-corrected chi connectivity index (χ2v) is 11.4. The number of nitrogens with one attached hydrogen (secondary N) is 2. The van der Waals surface area contributed by atoms with Gasteiger partial charge < -0.3 is 19.7 Å². The molecule has 44 heavy (non-hydrogen) atoms. The maximum atomic E-state index is 12.0. The number of amides is 1. The Labute approximate surface area is 266 Å². The zero-order valence-corrected chi connectivity index (χ0v) is 27.0. The molecule has 2 unspecified atom stereocenters. The molecule has 2 saturated heterocycles. The van der Waals surface area contributed by atoms with E-state index in [1.807, 2.05) is 6.20 Å². The summed E-state index contributed by atoms with van der Waals surface area (Å²) in [5.41, 5.74) is 2.27. The Balaban J connectivity index is 1.07. The van der Waals surface area contributed by atoms with Crippen LogP contribution in [0.2, 0.25) is 0 Å². The van der Waals surface area contributed by atoms with Gasteiger partial charge in [0.1, 0.15) is 12.3 Å². The fourth-order valence-corrected chi connectivity index (χ4v) is 5.03. The highest BCUT2D eigenvalue weighted by Crippen LogP contribution is 2.36. The highest BCUT2D eigenvalue weighted by molar-refractivity contribution is 5.75. The van der Waals surface area contributed by atoms with Gasteiger partial charge in [0.05, 0.1) is 13.2 Å². The van der Waals surface area contributed by atoms with E-state index in [2.05, 4.69) is 100 Å². The Morgan fingerprint density at radius 3 is 2.25 bits per heavy atom. The molecule has 242 valence electrons. The van der Waals surface area contributed by atoms with E-state index in [0.717, 1.165) is 69.2 Å². The van der Waals surface area contributed by atoms with Crippen molar-refractivity contribution in [3.05, 3.63) is 90.3 Å². The normalized spacial score (nSPS) is 19.1. The predicted molar refractivity (Wildman–Crippen MR) is 181 cm³/mol. The number of ether oxygens (including phenoxy) is 2. The summed E-state index contributed by atoms with van der Waals surface area (Å²) >= 11 is 0. The number of epoxide rings is 1. The SMILES string of the molecule is CC/C=C\C/C=C\C/C=C\C/C=C\C/C=C\CCCC(=O)NCCOCCNC1OC1c1ccc(CCN2CCCC2)nc1. The molecule has 7 heteroatoms. The molecule has 2 atom stereocenters. The van der Waals surface area contributed by atoms with Gasteiger partial charge in [0, 0.05) is 49.9 Å². The Morgan fingerprint density at radius 2 is 1.59 bits per heavy atom. The summed E-state index contributed by atoms with van der Waals surface area (Å²) in [7, 11) is 0. The second kappa shape index (κ2) is 23.5. The van der Waals surface area contributed by atoms with Gasteiger partial charge in [-0.1, -0.05) is 73.8 Å². The number of nitrogens with zero attached hydrogens (tertiary/aromatic N) is 2. The van der Waals surface area contributed by atoms with Crippen LogP contribution in [0.4, 0.5) is 0 Å². The number of rotatable bonds is 24. The number of unbranched alkanes of at least 4 members (excludes halogenated alkanes) is 1. The van der Waals surface area contributed by atoms with E-state index < -0.39 is 0 Å². The van der Waals surface area contributed by atoms with E-state index in [4.69, 9.17) is 9.47 Å². The first-order chi connectivity index (χ1) is 21.8. The number of hydrogen-bond donors (Lipinski definition) is 2. The molecule has 1 amide bonds. The number of carbonyl (C=O) groups excluding carboxylic acids is 1. The van der Waals surface area contributed by atoms with Gasteiger partial charge in [0.25, 0.3) is 0 Å². The lowest BCUT2D eigenvalue weighted by molar-refractivity contribution is -0.121. The van der Waals surface area contributed by atoms with Crippen LogP contribution in [0, 0.1) is 0 Å². The van der Waals surface area contributed by atoms with Crippen molar-refractivity contribution in [3.63, 3.8) is 0 Å². The molecule has 0 aliphatic carbocycles. The maximum absolute atomic E-state index is 12.0. The molecule has 0 radical (unpaired) electrons. The summed E-state index contributed by atoms with van der Waals surface area (Å²) in [4.78, 5) is 19.2. The van der Waals surface area contributed by atoms with Crippen LogP contribution in [-0.2, 0) is 20.7 Å². The molecule has 1 aromatic heterocycles. The lowest BCUT2D eigenvalue weighted by Crippen LogP contribution is -2.28. The minimum atomic E-state index is 0.0264. The van der Waals surface area contributed by atoms with Crippen LogP contribution in [0.3, 0.4) is 0 Å². The van der Waals surface area contributed by atoms with Crippen LogP contribution < -0.4 is 10.6 Å². The van der Waals surface area contributed by atoms with Crippen molar-refractivity contribution in [1.82, 2.24) is 20.5 Å². The Morgan fingerprint density at radius 1 is 0.932 bits per heavy atom. The summed E-state index contributed by atoms with van der Waals surface area (Å²) < 4.78 is 11.4. The van der Waals surface area contributed by atoms with Gasteiger partial charge in [-0.25, -0.2) is 0 Å². The van der Waals surface area contributed by atoms with Gasteiger partial charge in [0.2, 0.25) is 5.91 Å². The molecule has 3 heterocycles. The first-order valence-corrected chi connectivity index (χ1v) is 16.9. The van der Waals surface area contributed by atoms with Crippen molar-refractivity contribution < 1.29 is 14.3 Å². The van der Waals surface area contributed by atoms with Crippen LogP contribution in [0.25, 0.3) is 0 Å². The van der Waals surface area contributed by atoms with Crippen LogP contribution >= 0.6 is 0 Å². The Hall–Kier alpha value is -2.84. The zero-order chi connectivity index (χ0) is 30.9. The number of aromatic nitrogens is 1. The van der Waals surface area contributed by atoms with E-state index in [0.29, 0.717) is 32.7 Å². The monoisotopic (exact) mass is 604 g/mol. The molecule has 0 bridgehead atoms. The van der Waals surface area contributed by atoms with Crippen molar-refractivity contribution >= 4 is 5.91 Å². The maximum Gasteiger partial charge on any atom is 0.220 e. The van der Waals surface area contributed by atoms with Gasteiger partial charge >= 0.3 is 0 Å². The number of likely N-dealkylation sites (tertiary alicyclic amines) is 1. The van der Waals surface area contributed by atoms with Gasteiger partial charge in [-0.2, -0.15) is 0 Å². The molecular weight excluding hydrogens is 548 g/mol. The molecular formula is C37H56N4O3. The first kappa shape index (κ1) is 35.6. The number of carbonyl (C=O) groups is 1. The Bertz CT molecular complexity index is 1040. The highest BCUT2D eigenvalue weighted by Gasteiger charge is 2.39. The molecule has 1 aromatic rings. The van der Waals surface area contributed by atoms with Crippen molar-refractivity contribution in [3.8, 4) is 0 Å². The molecule has 2 aliphatic heterocycles. The van der Waals surface area contributed by atoms with E-state index in [1.54, 1.807) is 0 Å². The Kier molecular flexibility index (Phi) is 19.1. The second-order valence-electron chi connectivity index (χ2n) is 11.4. The average Bonchev–Trinajstić information content (AvgIpc) is 3.62. The molecule has 2 fully saturated rings. The van der Waals surface area contributed by atoms with Crippen molar-refractivity contribution in [1.29, 1.82) is 0 Å². The van der Waals surface area contributed by atoms with Crippen LogP contribution in [0.5, 0.6) is 0 Å². The van der Waals surface area contributed by atoms with Gasteiger partial charge in [0.15, 0.2) is 0 Å². The summed E-state index contributed by atoms with van der Waals surface area (Å²) in [6.45, 7) is 8.07. The number of pyridine rings is 1. The number of allylic oxidation sites excluding steroid dienone is 10. The highest BCUT2D eigenvalue weighted by atomic mass is 16.6. The molecule has 0 aromatic carbocycles. The van der Waals surface area contributed by atoms with E-state index in [1.165, 1.54) is 25.9 Å². The van der Waals surface area contributed by atoms with Crippen molar-refractivity contribution in [2.45, 2.75) is 89.9 Å². The minimum absolute atomic E-state index is 0.0264. The van der Waals surface area contributed by atoms with Gasteiger partial charge in [-0.3, -0.25) is 15.1 Å². The minimum Gasteiger partial charge on any atom is -0.378 e. The third-order valence-electron chi connectivity index (χ3n) is 7.64. The quantitative estimate of drug-likeness (QED) is 0.0771. The fraction of sp³-hybridized carbons (Fsp3) is 0.568.